The zero-order valence-corrected chi connectivity index (χ0v) is 7.63. The van der Waals surface area contributed by atoms with Gasteiger partial charge in [-0.15, -0.1) is 0 Å². The second kappa shape index (κ2) is 3.24. The maximum atomic E-state index is 10.8. The molecule has 0 radical (unpaired) electrons. The number of hydrogen-bond donors (Lipinski definition) is 1. The fourth-order valence-electron chi connectivity index (χ4n) is 0.827. The van der Waals surface area contributed by atoms with Crippen molar-refractivity contribution >= 4 is 10.0 Å². The third-order valence-electron chi connectivity index (χ3n) is 1.29. The Labute approximate surface area is 70.8 Å². The first-order chi connectivity index (χ1) is 5.49. The first-order valence-corrected chi connectivity index (χ1v) is 5.26. The van der Waals surface area contributed by atoms with Gasteiger partial charge in [0, 0.05) is 6.07 Å². The number of hydrogen-bond acceptors (Lipinski definition) is 4. The largest absolute Gasteiger partial charge is 0.364 e. The van der Waals surface area contributed by atoms with E-state index in [0.717, 1.165) is 6.26 Å². The first kappa shape index (κ1) is 9.21. The van der Waals surface area contributed by atoms with Crippen LogP contribution in [0.2, 0.25) is 0 Å². The van der Waals surface area contributed by atoms with Crippen molar-refractivity contribution < 1.29 is 12.9 Å². The van der Waals surface area contributed by atoms with E-state index in [2.05, 4.69) is 14.4 Å². The number of rotatable bonds is 3. The van der Waals surface area contributed by atoms with Gasteiger partial charge in [-0.3, -0.25) is 0 Å². The van der Waals surface area contributed by atoms with Crippen molar-refractivity contribution in [1.29, 1.82) is 0 Å². The minimum atomic E-state index is -3.18. The van der Waals surface area contributed by atoms with Crippen molar-refractivity contribution in [2.24, 2.45) is 0 Å². The van der Waals surface area contributed by atoms with E-state index in [1.807, 2.05) is 0 Å². The van der Waals surface area contributed by atoms with Crippen LogP contribution >= 0.6 is 0 Å². The molecule has 68 valence electrons. The minimum Gasteiger partial charge on any atom is -0.364 e. The van der Waals surface area contributed by atoms with Gasteiger partial charge < -0.3 is 4.52 Å². The number of aromatic nitrogens is 1. The lowest BCUT2D eigenvalue weighted by molar-refractivity contribution is 0.405. The van der Waals surface area contributed by atoms with E-state index in [-0.39, 0.29) is 6.04 Å². The summed E-state index contributed by atoms with van der Waals surface area (Å²) in [6.07, 6.45) is 2.50. The molecule has 0 saturated carbocycles. The van der Waals surface area contributed by atoms with Crippen LogP contribution in [0.1, 0.15) is 18.7 Å². The molecule has 0 aromatic carbocycles. The Morgan fingerprint density at radius 3 is 2.75 bits per heavy atom. The van der Waals surface area contributed by atoms with Gasteiger partial charge in [-0.1, -0.05) is 5.16 Å². The predicted octanol–water partition coefficient (Wildman–Crippen LogP) is 0.285. The fourth-order valence-corrected chi connectivity index (χ4v) is 1.59. The molecule has 1 atom stereocenters. The molecule has 5 nitrogen and oxygen atoms in total. The van der Waals surface area contributed by atoms with Crippen molar-refractivity contribution in [2.75, 3.05) is 6.26 Å². The predicted molar refractivity (Wildman–Crippen MR) is 42.9 cm³/mol. The zero-order valence-electron chi connectivity index (χ0n) is 6.81. The summed E-state index contributed by atoms with van der Waals surface area (Å²) in [5, 5.41) is 3.60. The van der Waals surface area contributed by atoms with Gasteiger partial charge >= 0.3 is 0 Å². The molecular formula is C6H10N2O3S. The molecule has 0 bridgehead atoms. The van der Waals surface area contributed by atoms with Gasteiger partial charge in [-0.25, -0.2) is 13.1 Å². The third-order valence-corrected chi connectivity index (χ3v) is 2.07. The zero-order chi connectivity index (χ0) is 9.19. The summed E-state index contributed by atoms with van der Waals surface area (Å²) >= 11 is 0. The van der Waals surface area contributed by atoms with Crippen molar-refractivity contribution in [3.63, 3.8) is 0 Å². The molecule has 0 spiro atoms. The monoisotopic (exact) mass is 190 g/mol. The highest BCUT2D eigenvalue weighted by Gasteiger charge is 2.12. The van der Waals surface area contributed by atoms with Crippen molar-refractivity contribution in [3.8, 4) is 0 Å². The van der Waals surface area contributed by atoms with E-state index in [1.165, 1.54) is 6.26 Å². The Bertz CT molecular complexity index is 330. The Kier molecular flexibility index (Phi) is 2.49. The van der Waals surface area contributed by atoms with Crippen molar-refractivity contribution in [1.82, 2.24) is 9.88 Å². The molecule has 0 aliphatic heterocycles. The average Bonchev–Trinajstić information content (AvgIpc) is 2.32. The van der Waals surface area contributed by atoms with Crippen LogP contribution in [0.25, 0.3) is 0 Å². The minimum absolute atomic E-state index is 0.348. The normalized spacial score (nSPS) is 14.5. The summed E-state index contributed by atoms with van der Waals surface area (Å²) in [5.41, 5.74) is 0.570. The van der Waals surface area contributed by atoms with Crippen molar-refractivity contribution in [2.45, 2.75) is 13.0 Å². The second-order valence-electron chi connectivity index (χ2n) is 2.54. The molecule has 0 fully saturated rings. The fraction of sp³-hybridized carbons (Fsp3) is 0.500. The van der Waals surface area contributed by atoms with Gasteiger partial charge in [0.1, 0.15) is 12.0 Å². The molecule has 6 heteroatoms. The number of sulfonamides is 1. The second-order valence-corrected chi connectivity index (χ2v) is 4.32. The lowest BCUT2D eigenvalue weighted by Crippen LogP contribution is -2.25. The average molecular weight is 190 g/mol. The van der Waals surface area contributed by atoms with Crippen LogP contribution in [0.5, 0.6) is 0 Å². The highest BCUT2D eigenvalue weighted by Crippen LogP contribution is 2.08. The lowest BCUT2D eigenvalue weighted by atomic mass is 10.3. The summed E-state index contributed by atoms with van der Waals surface area (Å²) < 4.78 is 28.5. The van der Waals surface area contributed by atoms with Crippen LogP contribution < -0.4 is 4.72 Å². The summed E-state index contributed by atoms with van der Waals surface area (Å²) in [4.78, 5) is 0. The number of nitrogens with zero attached hydrogens (tertiary/aromatic N) is 1. The van der Waals surface area contributed by atoms with E-state index in [0.29, 0.717) is 5.69 Å². The van der Waals surface area contributed by atoms with Crippen LogP contribution in [-0.2, 0) is 10.0 Å². The maximum Gasteiger partial charge on any atom is 0.209 e. The van der Waals surface area contributed by atoms with E-state index in [9.17, 15) is 8.42 Å². The van der Waals surface area contributed by atoms with Gasteiger partial charge in [0.05, 0.1) is 12.3 Å². The van der Waals surface area contributed by atoms with Crippen LogP contribution in [0.4, 0.5) is 0 Å². The molecule has 12 heavy (non-hydrogen) atoms. The Hall–Kier alpha value is -0.880. The Morgan fingerprint density at radius 1 is 1.67 bits per heavy atom. The van der Waals surface area contributed by atoms with Gasteiger partial charge in [-0.2, -0.15) is 0 Å². The Morgan fingerprint density at radius 2 is 2.33 bits per heavy atom. The molecular weight excluding hydrogens is 180 g/mol. The Balaban J connectivity index is 2.68. The molecule has 0 amide bonds. The molecule has 0 saturated heterocycles. The maximum absolute atomic E-state index is 10.8. The summed E-state index contributed by atoms with van der Waals surface area (Å²) in [5.74, 6) is 0. The quantitative estimate of drug-likeness (QED) is 0.743. The highest BCUT2D eigenvalue weighted by molar-refractivity contribution is 7.88. The topological polar surface area (TPSA) is 72.2 Å². The van der Waals surface area contributed by atoms with Gasteiger partial charge in [0.25, 0.3) is 0 Å². The van der Waals surface area contributed by atoms with Gasteiger partial charge in [0.15, 0.2) is 0 Å². The standard InChI is InChI=1S/C6H10N2O3S/c1-5(8-12(2,9)10)6-3-4-11-7-6/h3-5,8H,1-2H3. The van der Waals surface area contributed by atoms with E-state index in [1.54, 1.807) is 13.0 Å². The summed E-state index contributed by atoms with van der Waals surface area (Å²) in [6.45, 7) is 1.69. The smallest absolute Gasteiger partial charge is 0.209 e. The lowest BCUT2D eigenvalue weighted by Gasteiger charge is -2.07. The third kappa shape index (κ3) is 2.63. The molecule has 1 heterocycles. The molecule has 0 aliphatic carbocycles. The van der Waals surface area contributed by atoms with E-state index < -0.39 is 10.0 Å². The van der Waals surface area contributed by atoms with Crippen LogP contribution in [0.3, 0.4) is 0 Å². The SMILES string of the molecule is CC(NS(C)(=O)=O)c1ccon1. The van der Waals surface area contributed by atoms with Crippen LogP contribution in [0, 0.1) is 0 Å². The van der Waals surface area contributed by atoms with Crippen LogP contribution in [-0.4, -0.2) is 19.8 Å². The summed E-state index contributed by atoms with van der Waals surface area (Å²) in [6, 6.07) is 1.27. The molecule has 1 aromatic heterocycles. The first-order valence-electron chi connectivity index (χ1n) is 3.36. The van der Waals surface area contributed by atoms with Gasteiger partial charge in [0.2, 0.25) is 10.0 Å². The van der Waals surface area contributed by atoms with Crippen LogP contribution in [0.15, 0.2) is 16.9 Å². The molecule has 1 rings (SSSR count). The van der Waals surface area contributed by atoms with Gasteiger partial charge in [-0.05, 0) is 6.92 Å². The molecule has 0 aliphatic rings. The highest BCUT2D eigenvalue weighted by atomic mass is 32.2. The van der Waals surface area contributed by atoms with Crippen molar-refractivity contribution in [3.05, 3.63) is 18.0 Å². The summed E-state index contributed by atoms with van der Waals surface area (Å²) in [7, 11) is -3.18. The van der Waals surface area contributed by atoms with E-state index >= 15 is 0 Å². The molecule has 1 aromatic rings. The molecule has 1 N–H and O–H groups in total. The van der Waals surface area contributed by atoms with E-state index in [4.69, 9.17) is 0 Å². The molecule has 1 unspecified atom stereocenters. The number of nitrogens with one attached hydrogen (secondary N) is 1.